The summed E-state index contributed by atoms with van der Waals surface area (Å²) in [5.41, 5.74) is 4.81. The summed E-state index contributed by atoms with van der Waals surface area (Å²) in [4.78, 5) is 68.4. The van der Waals surface area contributed by atoms with Crippen molar-refractivity contribution in [1.82, 2.24) is 14.5 Å². The van der Waals surface area contributed by atoms with Gasteiger partial charge in [0.2, 0.25) is 5.91 Å². The van der Waals surface area contributed by atoms with Gasteiger partial charge < -0.3 is 15.4 Å². The van der Waals surface area contributed by atoms with Gasteiger partial charge in [0.05, 0.1) is 17.7 Å². The van der Waals surface area contributed by atoms with Crippen molar-refractivity contribution in [3.63, 3.8) is 0 Å². The van der Waals surface area contributed by atoms with Crippen molar-refractivity contribution < 1.29 is 19.1 Å². The first-order valence-electron chi connectivity index (χ1n) is 10.5. The Morgan fingerprint density at radius 2 is 1.67 bits per heavy atom. The number of carbonyl (C=O) groups excluding carboxylic acids is 3. The second kappa shape index (κ2) is 9.41. The van der Waals surface area contributed by atoms with Crippen LogP contribution in [0.1, 0.15) is 41.5 Å². The molecule has 3 amide bonds. The molecule has 1 aliphatic heterocycles. The minimum atomic E-state index is -1.24. The third-order valence-electron chi connectivity index (χ3n) is 5.39. The van der Waals surface area contributed by atoms with Crippen molar-refractivity contribution in [2.75, 3.05) is 30.9 Å². The molecule has 1 atom stereocenters. The van der Waals surface area contributed by atoms with Crippen molar-refractivity contribution in [2.24, 2.45) is 5.92 Å². The number of amides is 3. The fourth-order valence-corrected chi connectivity index (χ4v) is 3.79. The molecular weight excluding hydrogens is 430 g/mol. The standard InChI is InChI=1S/C22H27N5O6/c1-12(2)11-26-17(23)16(18(28)24-22(26)32)25(9-10-33-4)19(29)13(3)27-20(30)14-7-5-6-8-15(14)21(27)31/h5-8,12-13H,9-11,23H2,1-4H3,(H,24,28,32)/t13-/m1/s1. The van der Waals surface area contributed by atoms with Crippen LogP contribution in [0.15, 0.2) is 33.9 Å². The van der Waals surface area contributed by atoms with Crippen molar-refractivity contribution in [3.05, 3.63) is 56.2 Å². The van der Waals surface area contributed by atoms with Crippen LogP contribution in [0.4, 0.5) is 11.5 Å². The molecule has 1 aromatic carbocycles. The Morgan fingerprint density at radius 1 is 1.09 bits per heavy atom. The first-order valence-corrected chi connectivity index (χ1v) is 10.5. The summed E-state index contributed by atoms with van der Waals surface area (Å²) in [5.74, 6) is -2.07. The fraction of sp³-hybridized carbons (Fsp3) is 0.409. The lowest BCUT2D eigenvalue weighted by molar-refractivity contribution is -0.122. The van der Waals surface area contributed by atoms with E-state index in [1.54, 1.807) is 12.1 Å². The van der Waals surface area contributed by atoms with E-state index < -0.39 is 35.0 Å². The van der Waals surface area contributed by atoms with E-state index in [2.05, 4.69) is 4.98 Å². The minimum absolute atomic E-state index is 0.0316. The molecule has 2 aromatic rings. The summed E-state index contributed by atoms with van der Waals surface area (Å²) in [6.07, 6.45) is 0. The van der Waals surface area contributed by atoms with E-state index in [-0.39, 0.29) is 48.2 Å². The summed E-state index contributed by atoms with van der Waals surface area (Å²) in [5, 5.41) is 0. The highest BCUT2D eigenvalue weighted by molar-refractivity contribution is 6.23. The van der Waals surface area contributed by atoms with E-state index in [1.807, 2.05) is 13.8 Å². The first kappa shape index (κ1) is 23.9. The maximum atomic E-state index is 13.5. The number of fused-ring (bicyclic) bond motifs is 1. The Bertz CT molecular complexity index is 1180. The number of methoxy groups -OCH3 is 1. The molecule has 0 fully saturated rings. The van der Waals surface area contributed by atoms with Crippen LogP contribution in [0.3, 0.4) is 0 Å². The SMILES string of the molecule is COCCN(C(=O)[C@@H](C)N1C(=O)c2ccccc2C1=O)c1c(N)n(CC(C)C)c(=O)[nH]c1=O. The second-order valence-corrected chi connectivity index (χ2v) is 8.18. The average molecular weight is 457 g/mol. The molecular formula is C22H27N5O6. The predicted octanol–water partition coefficient (Wildman–Crippen LogP) is 0.439. The lowest BCUT2D eigenvalue weighted by atomic mass is 10.1. The molecule has 1 aliphatic rings. The van der Waals surface area contributed by atoms with Gasteiger partial charge in [-0.15, -0.1) is 0 Å². The number of nitrogens with two attached hydrogens (primary N) is 1. The number of imide groups is 1. The molecule has 0 unspecified atom stereocenters. The van der Waals surface area contributed by atoms with Gasteiger partial charge in [0.1, 0.15) is 11.9 Å². The predicted molar refractivity (Wildman–Crippen MR) is 121 cm³/mol. The number of rotatable bonds is 8. The minimum Gasteiger partial charge on any atom is -0.383 e. The summed E-state index contributed by atoms with van der Waals surface area (Å²) in [6, 6.07) is 5.05. The molecule has 2 heterocycles. The van der Waals surface area contributed by atoms with Crippen LogP contribution >= 0.6 is 0 Å². The van der Waals surface area contributed by atoms with Gasteiger partial charge in [0, 0.05) is 20.2 Å². The lowest BCUT2D eigenvalue weighted by Crippen LogP contribution is -2.52. The Labute approximate surface area is 189 Å². The van der Waals surface area contributed by atoms with E-state index in [9.17, 15) is 24.0 Å². The maximum Gasteiger partial charge on any atom is 0.330 e. The van der Waals surface area contributed by atoms with E-state index >= 15 is 0 Å². The van der Waals surface area contributed by atoms with Crippen LogP contribution in [-0.2, 0) is 16.1 Å². The summed E-state index contributed by atoms with van der Waals surface area (Å²) >= 11 is 0. The highest BCUT2D eigenvalue weighted by Crippen LogP contribution is 2.26. The molecule has 0 radical (unpaired) electrons. The van der Waals surface area contributed by atoms with Crippen LogP contribution in [-0.4, -0.2) is 58.5 Å². The Hall–Kier alpha value is -3.73. The van der Waals surface area contributed by atoms with Gasteiger partial charge >= 0.3 is 5.69 Å². The van der Waals surface area contributed by atoms with Crippen LogP contribution in [0.25, 0.3) is 0 Å². The zero-order chi connectivity index (χ0) is 24.4. The smallest absolute Gasteiger partial charge is 0.330 e. The van der Waals surface area contributed by atoms with E-state index in [4.69, 9.17) is 10.5 Å². The number of nitrogens with one attached hydrogen (secondary N) is 1. The molecule has 0 saturated carbocycles. The molecule has 0 aliphatic carbocycles. The van der Waals surface area contributed by atoms with Crippen LogP contribution in [0.5, 0.6) is 0 Å². The van der Waals surface area contributed by atoms with E-state index in [0.717, 1.165) is 9.80 Å². The van der Waals surface area contributed by atoms with Gasteiger partial charge in [-0.2, -0.15) is 0 Å². The fourth-order valence-electron chi connectivity index (χ4n) is 3.79. The molecule has 3 rings (SSSR count). The molecule has 0 spiro atoms. The molecule has 11 nitrogen and oxygen atoms in total. The number of carbonyl (C=O) groups is 3. The molecule has 176 valence electrons. The summed E-state index contributed by atoms with van der Waals surface area (Å²) < 4.78 is 6.26. The van der Waals surface area contributed by atoms with Gasteiger partial charge in [-0.3, -0.25) is 33.6 Å². The Kier molecular flexibility index (Phi) is 6.82. The number of nitrogens with zero attached hydrogens (tertiary/aromatic N) is 3. The quantitative estimate of drug-likeness (QED) is 0.547. The van der Waals surface area contributed by atoms with Gasteiger partial charge in [-0.05, 0) is 25.0 Å². The summed E-state index contributed by atoms with van der Waals surface area (Å²) in [7, 11) is 1.42. The normalized spacial score (nSPS) is 14.0. The highest BCUT2D eigenvalue weighted by Gasteiger charge is 2.42. The lowest BCUT2D eigenvalue weighted by Gasteiger charge is -2.30. The summed E-state index contributed by atoms with van der Waals surface area (Å²) in [6.45, 7) is 5.31. The molecule has 0 bridgehead atoms. The van der Waals surface area contributed by atoms with Crippen LogP contribution in [0.2, 0.25) is 0 Å². The van der Waals surface area contributed by atoms with Gasteiger partial charge in [-0.25, -0.2) is 4.79 Å². The largest absolute Gasteiger partial charge is 0.383 e. The van der Waals surface area contributed by atoms with E-state index in [1.165, 1.54) is 30.7 Å². The maximum absolute atomic E-state index is 13.5. The number of anilines is 2. The molecule has 3 N–H and O–H groups in total. The van der Waals surface area contributed by atoms with Gasteiger partial charge in [-0.1, -0.05) is 26.0 Å². The number of aromatic nitrogens is 2. The topological polar surface area (TPSA) is 148 Å². The monoisotopic (exact) mass is 457 g/mol. The van der Waals surface area contributed by atoms with Crippen LogP contribution in [0, 0.1) is 5.92 Å². The highest BCUT2D eigenvalue weighted by atomic mass is 16.5. The third kappa shape index (κ3) is 4.31. The molecule has 0 saturated heterocycles. The molecule has 33 heavy (non-hydrogen) atoms. The van der Waals surface area contributed by atoms with Crippen molar-refractivity contribution >= 4 is 29.2 Å². The molecule has 11 heteroatoms. The number of aromatic amines is 1. The number of hydrogen-bond donors (Lipinski definition) is 2. The average Bonchev–Trinajstić information content (AvgIpc) is 3.02. The van der Waals surface area contributed by atoms with Gasteiger partial charge in [0.25, 0.3) is 17.4 Å². The zero-order valence-electron chi connectivity index (χ0n) is 19.0. The third-order valence-corrected chi connectivity index (χ3v) is 5.39. The Balaban J connectivity index is 2.05. The number of hydrogen-bond acceptors (Lipinski definition) is 7. The van der Waals surface area contributed by atoms with Crippen molar-refractivity contribution in [3.8, 4) is 0 Å². The van der Waals surface area contributed by atoms with Gasteiger partial charge in [0.15, 0.2) is 5.69 Å². The van der Waals surface area contributed by atoms with Crippen molar-refractivity contribution in [1.29, 1.82) is 0 Å². The number of nitrogen functional groups attached to an aromatic ring is 1. The van der Waals surface area contributed by atoms with Crippen LogP contribution < -0.4 is 21.9 Å². The number of H-pyrrole nitrogens is 1. The number of ether oxygens (including phenoxy) is 1. The molecule has 1 aromatic heterocycles. The zero-order valence-corrected chi connectivity index (χ0v) is 19.0. The van der Waals surface area contributed by atoms with Crippen molar-refractivity contribution in [2.45, 2.75) is 33.4 Å². The Morgan fingerprint density at radius 3 is 2.18 bits per heavy atom. The van der Waals surface area contributed by atoms with E-state index in [0.29, 0.717) is 0 Å². The second-order valence-electron chi connectivity index (χ2n) is 8.18. The first-order chi connectivity index (χ1) is 15.6. The number of benzene rings is 1.